The first-order valence-corrected chi connectivity index (χ1v) is 9.74. The minimum Gasteiger partial charge on any atom is -0.463 e. The number of nitrogens with one attached hydrogen (secondary N) is 1. The fraction of sp³-hybridized carbons (Fsp3) is 0.318. The van der Waals surface area contributed by atoms with Crippen LogP contribution < -0.4 is 9.64 Å². The molecule has 4 rings (SSSR count). The SMILES string of the molecule is C[C@@H](Oc1nncc2ccccc12)C(=O)N1CC[NH+](Cc2ccccc2)CC1. The number of carbonyl (C=O) groups is 1. The molecule has 6 heteroatoms. The van der Waals surface area contributed by atoms with E-state index in [9.17, 15) is 4.79 Å². The van der Waals surface area contributed by atoms with Gasteiger partial charge in [0, 0.05) is 16.3 Å². The van der Waals surface area contributed by atoms with E-state index in [1.165, 1.54) is 10.5 Å². The van der Waals surface area contributed by atoms with Crippen molar-refractivity contribution in [1.29, 1.82) is 0 Å². The minimum absolute atomic E-state index is 0.00787. The molecule has 0 aliphatic carbocycles. The van der Waals surface area contributed by atoms with Crippen molar-refractivity contribution >= 4 is 16.7 Å². The zero-order valence-electron chi connectivity index (χ0n) is 16.0. The van der Waals surface area contributed by atoms with Gasteiger partial charge in [0.05, 0.1) is 32.4 Å². The summed E-state index contributed by atoms with van der Waals surface area (Å²) < 4.78 is 5.89. The summed E-state index contributed by atoms with van der Waals surface area (Å²) in [5, 5.41) is 9.89. The van der Waals surface area contributed by atoms with E-state index in [0.29, 0.717) is 5.88 Å². The van der Waals surface area contributed by atoms with Crippen LogP contribution in [0.5, 0.6) is 5.88 Å². The molecule has 0 saturated carbocycles. The van der Waals surface area contributed by atoms with Crippen molar-refractivity contribution < 1.29 is 14.4 Å². The van der Waals surface area contributed by atoms with E-state index in [1.54, 1.807) is 13.1 Å². The van der Waals surface area contributed by atoms with Crippen LogP contribution in [0, 0.1) is 0 Å². The van der Waals surface area contributed by atoms with Gasteiger partial charge in [0.2, 0.25) is 5.88 Å². The highest BCUT2D eigenvalue weighted by Gasteiger charge is 2.28. The fourth-order valence-electron chi connectivity index (χ4n) is 3.67. The number of piperazine rings is 1. The number of rotatable bonds is 5. The third-order valence-corrected chi connectivity index (χ3v) is 5.25. The molecule has 144 valence electrons. The van der Waals surface area contributed by atoms with Gasteiger partial charge in [-0.15, -0.1) is 5.10 Å². The molecule has 2 heterocycles. The Morgan fingerprint density at radius 2 is 1.82 bits per heavy atom. The average Bonchev–Trinajstić information content (AvgIpc) is 2.75. The summed E-state index contributed by atoms with van der Waals surface area (Å²) >= 11 is 0. The third kappa shape index (κ3) is 4.12. The molecular formula is C22H25N4O2+. The van der Waals surface area contributed by atoms with Crippen molar-refractivity contribution in [3.8, 4) is 5.88 Å². The Balaban J connectivity index is 1.34. The lowest BCUT2D eigenvalue weighted by atomic mass is 10.2. The number of quaternary nitrogens is 1. The molecule has 1 aliphatic heterocycles. The summed E-state index contributed by atoms with van der Waals surface area (Å²) in [6.07, 6.45) is 1.11. The number of hydrogen-bond donors (Lipinski definition) is 1. The van der Waals surface area contributed by atoms with Gasteiger partial charge in [0.1, 0.15) is 6.54 Å². The molecule has 2 aromatic carbocycles. The number of amides is 1. The summed E-state index contributed by atoms with van der Waals surface area (Å²) in [4.78, 5) is 16.3. The van der Waals surface area contributed by atoms with Crippen LogP contribution in [0.1, 0.15) is 12.5 Å². The molecule has 6 nitrogen and oxygen atoms in total. The number of aromatic nitrogens is 2. The second kappa shape index (κ2) is 8.35. The summed E-state index contributed by atoms with van der Waals surface area (Å²) in [5.74, 6) is 0.417. The van der Waals surface area contributed by atoms with E-state index in [1.807, 2.05) is 35.2 Å². The monoisotopic (exact) mass is 377 g/mol. The quantitative estimate of drug-likeness (QED) is 0.729. The van der Waals surface area contributed by atoms with Crippen molar-refractivity contribution in [2.75, 3.05) is 26.2 Å². The second-order valence-electron chi connectivity index (χ2n) is 7.23. The Bertz CT molecular complexity index is 934. The lowest BCUT2D eigenvalue weighted by molar-refractivity contribution is -0.917. The van der Waals surface area contributed by atoms with Gasteiger partial charge in [-0.2, -0.15) is 5.10 Å². The third-order valence-electron chi connectivity index (χ3n) is 5.25. The fourth-order valence-corrected chi connectivity index (χ4v) is 3.67. The van der Waals surface area contributed by atoms with Crippen molar-refractivity contribution in [3.05, 3.63) is 66.4 Å². The van der Waals surface area contributed by atoms with Gasteiger partial charge in [-0.05, 0) is 13.0 Å². The molecule has 0 unspecified atom stereocenters. The van der Waals surface area contributed by atoms with Gasteiger partial charge in [-0.1, -0.05) is 48.5 Å². The Labute approximate surface area is 164 Å². The number of hydrogen-bond acceptors (Lipinski definition) is 4. The van der Waals surface area contributed by atoms with Crippen LogP contribution in [0.4, 0.5) is 0 Å². The van der Waals surface area contributed by atoms with Gasteiger partial charge >= 0.3 is 0 Å². The largest absolute Gasteiger partial charge is 0.463 e. The van der Waals surface area contributed by atoms with Gasteiger partial charge < -0.3 is 14.5 Å². The highest BCUT2D eigenvalue weighted by Crippen LogP contribution is 2.22. The Morgan fingerprint density at radius 1 is 1.11 bits per heavy atom. The predicted octanol–water partition coefficient (Wildman–Crippen LogP) is 1.32. The molecule has 0 bridgehead atoms. The molecule has 1 aromatic heterocycles. The topological polar surface area (TPSA) is 59.8 Å². The molecule has 1 fully saturated rings. The number of fused-ring (bicyclic) bond motifs is 1. The molecule has 1 amide bonds. The maximum Gasteiger partial charge on any atom is 0.263 e. The maximum atomic E-state index is 12.8. The first-order chi connectivity index (χ1) is 13.7. The van der Waals surface area contributed by atoms with Crippen molar-refractivity contribution in [2.24, 2.45) is 0 Å². The number of benzene rings is 2. The molecule has 0 spiro atoms. The molecule has 1 saturated heterocycles. The van der Waals surface area contributed by atoms with Crippen LogP contribution in [0.2, 0.25) is 0 Å². The molecule has 0 radical (unpaired) electrons. The summed E-state index contributed by atoms with van der Waals surface area (Å²) in [6, 6.07) is 18.3. The molecule has 1 atom stereocenters. The Kier molecular flexibility index (Phi) is 5.48. The zero-order chi connectivity index (χ0) is 19.3. The van der Waals surface area contributed by atoms with Crippen molar-refractivity contribution in [1.82, 2.24) is 15.1 Å². The number of carbonyl (C=O) groups excluding carboxylic acids is 1. The molecule has 28 heavy (non-hydrogen) atoms. The van der Waals surface area contributed by atoms with E-state index in [0.717, 1.165) is 43.5 Å². The van der Waals surface area contributed by atoms with Gasteiger partial charge in [0.25, 0.3) is 5.91 Å². The lowest BCUT2D eigenvalue weighted by Crippen LogP contribution is -3.13. The van der Waals surface area contributed by atoms with Gasteiger partial charge in [-0.3, -0.25) is 4.79 Å². The van der Waals surface area contributed by atoms with Gasteiger partial charge in [-0.25, -0.2) is 0 Å². The van der Waals surface area contributed by atoms with E-state index in [4.69, 9.17) is 4.74 Å². The molecule has 3 aromatic rings. The summed E-state index contributed by atoms with van der Waals surface area (Å²) in [7, 11) is 0. The van der Waals surface area contributed by atoms with Crippen molar-refractivity contribution in [2.45, 2.75) is 19.6 Å². The van der Waals surface area contributed by atoms with E-state index in [2.05, 4.69) is 34.5 Å². The molecule has 1 N–H and O–H groups in total. The molecule has 1 aliphatic rings. The standard InChI is InChI=1S/C22H24N4O2/c1-17(28-21-20-10-6-5-9-19(20)15-23-24-21)22(27)26-13-11-25(12-14-26)16-18-7-3-2-4-8-18/h2-10,15,17H,11-14,16H2,1H3/p+1/t17-/m1/s1. The van der Waals surface area contributed by atoms with Crippen LogP contribution in [0.3, 0.4) is 0 Å². The van der Waals surface area contributed by atoms with Gasteiger partial charge in [0.15, 0.2) is 6.10 Å². The lowest BCUT2D eigenvalue weighted by Gasteiger charge is -2.33. The van der Waals surface area contributed by atoms with E-state index >= 15 is 0 Å². The van der Waals surface area contributed by atoms with Crippen LogP contribution in [0.25, 0.3) is 10.8 Å². The first-order valence-electron chi connectivity index (χ1n) is 9.74. The number of nitrogens with zero attached hydrogens (tertiary/aromatic N) is 3. The van der Waals surface area contributed by atoms with Crippen LogP contribution in [-0.4, -0.2) is 53.3 Å². The van der Waals surface area contributed by atoms with Crippen LogP contribution >= 0.6 is 0 Å². The van der Waals surface area contributed by atoms with Crippen molar-refractivity contribution in [3.63, 3.8) is 0 Å². The minimum atomic E-state index is -0.587. The van der Waals surface area contributed by atoms with E-state index in [-0.39, 0.29) is 5.91 Å². The predicted molar refractivity (Wildman–Crippen MR) is 107 cm³/mol. The van der Waals surface area contributed by atoms with Crippen LogP contribution in [-0.2, 0) is 11.3 Å². The average molecular weight is 377 g/mol. The normalized spacial score (nSPS) is 16.1. The highest BCUT2D eigenvalue weighted by molar-refractivity contribution is 5.86. The molecular weight excluding hydrogens is 352 g/mol. The highest BCUT2D eigenvalue weighted by atomic mass is 16.5. The zero-order valence-corrected chi connectivity index (χ0v) is 16.0. The number of ether oxygens (including phenoxy) is 1. The maximum absolute atomic E-state index is 12.8. The second-order valence-corrected chi connectivity index (χ2v) is 7.23. The van der Waals surface area contributed by atoms with E-state index < -0.39 is 6.10 Å². The smallest absolute Gasteiger partial charge is 0.263 e. The Morgan fingerprint density at radius 3 is 2.61 bits per heavy atom. The first kappa shape index (κ1) is 18.4. The van der Waals surface area contributed by atoms with Crippen LogP contribution in [0.15, 0.2) is 60.8 Å². The summed E-state index contributed by atoms with van der Waals surface area (Å²) in [5.41, 5.74) is 1.34. The summed E-state index contributed by atoms with van der Waals surface area (Å²) in [6.45, 7) is 6.17. The Hall–Kier alpha value is -2.99.